The Bertz CT molecular complexity index is 1060. The Labute approximate surface area is 138 Å². The lowest BCUT2D eigenvalue weighted by molar-refractivity contribution is 0.630. The third kappa shape index (κ3) is 1.91. The molecule has 5 rings (SSSR count). The summed E-state index contributed by atoms with van der Waals surface area (Å²) < 4.78 is 18.6. The van der Waals surface area contributed by atoms with Gasteiger partial charge in [-0.2, -0.15) is 0 Å². The molecule has 0 radical (unpaired) electrons. The normalized spacial score (nSPS) is 13.5. The van der Waals surface area contributed by atoms with Gasteiger partial charge in [0.05, 0.1) is 11.4 Å². The number of aryl methyl sites for hydroxylation is 1. The van der Waals surface area contributed by atoms with E-state index in [0.29, 0.717) is 5.56 Å². The fourth-order valence-corrected chi connectivity index (χ4v) is 3.52. The monoisotopic (exact) mass is 318 g/mol. The van der Waals surface area contributed by atoms with Gasteiger partial charge in [0, 0.05) is 42.7 Å². The van der Waals surface area contributed by atoms with Crippen molar-refractivity contribution in [2.24, 2.45) is 0 Å². The second-order valence-electron chi connectivity index (χ2n) is 6.07. The van der Waals surface area contributed by atoms with E-state index in [-0.39, 0.29) is 5.82 Å². The van der Waals surface area contributed by atoms with Crippen molar-refractivity contribution in [3.05, 3.63) is 66.6 Å². The van der Waals surface area contributed by atoms with E-state index in [2.05, 4.69) is 9.55 Å². The van der Waals surface area contributed by atoms with Crippen molar-refractivity contribution in [3.8, 4) is 22.5 Å². The molecule has 0 amide bonds. The average Bonchev–Trinajstić information content (AvgIpc) is 3.29. The SMILES string of the molecule is Fc1ccccc1-c1nc2n(c1-c1ccc3nccn3c1)CCC2. The maximum absolute atomic E-state index is 14.4. The molecular formula is C19H15FN4. The first-order valence-electron chi connectivity index (χ1n) is 8.09. The Kier molecular flexibility index (Phi) is 2.82. The number of fused-ring (bicyclic) bond motifs is 2. The minimum Gasteiger partial charge on any atom is -0.327 e. The summed E-state index contributed by atoms with van der Waals surface area (Å²) >= 11 is 0. The van der Waals surface area contributed by atoms with Crippen LogP contribution in [0.2, 0.25) is 0 Å². The molecule has 4 nitrogen and oxygen atoms in total. The van der Waals surface area contributed by atoms with Crippen LogP contribution in [0, 0.1) is 5.82 Å². The lowest BCUT2D eigenvalue weighted by atomic mass is 10.1. The third-order valence-corrected chi connectivity index (χ3v) is 4.62. The van der Waals surface area contributed by atoms with E-state index in [0.717, 1.165) is 47.8 Å². The molecule has 0 fully saturated rings. The van der Waals surface area contributed by atoms with Crippen LogP contribution in [0.5, 0.6) is 0 Å². The van der Waals surface area contributed by atoms with Crippen LogP contribution in [-0.4, -0.2) is 18.9 Å². The quantitative estimate of drug-likeness (QED) is 0.561. The zero-order valence-electron chi connectivity index (χ0n) is 13.0. The zero-order valence-corrected chi connectivity index (χ0v) is 13.0. The second-order valence-corrected chi connectivity index (χ2v) is 6.07. The van der Waals surface area contributed by atoms with Gasteiger partial charge in [0.25, 0.3) is 0 Å². The average molecular weight is 318 g/mol. The number of benzene rings is 1. The highest BCUT2D eigenvalue weighted by Gasteiger charge is 2.24. The molecule has 4 heterocycles. The summed E-state index contributed by atoms with van der Waals surface area (Å²) in [6.45, 7) is 0.925. The molecule has 0 unspecified atom stereocenters. The van der Waals surface area contributed by atoms with Crippen molar-refractivity contribution < 1.29 is 4.39 Å². The molecule has 0 saturated carbocycles. The van der Waals surface area contributed by atoms with Crippen molar-refractivity contribution >= 4 is 5.65 Å². The van der Waals surface area contributed by atoms with Crippen LogP contribution >= 0.6 is 0 Å². The molecule has 3 aromatic heterocycles. The number of nitrogens with zero attached hydrogens (tertiary/aromatic N) is 4. The van der Waals surface area contributed by atoms with Gasteiger partial charge < -0.3 is 8.97 Å². The number of halogens is 1. The van der Waals surface area contributed by atoms with Gasteiger partial charge in [-0.05, 0) is 30.7 Å². The van der Waals surface area contributed by atoms with Gasteiger partial charge in [-0.1, -0.05) is 12.1 Å². The lowest BCUT2D eigenvalue weighted by Crippen LogP contribution is -1.98. The maximum Gasteiger partial charge on any atom is 0.136 e. The highest BCUT2D eigenvalue weighted by Crippen LogP contribution is 2.36. The minimum absolute atomic E-state index is 0.237. The molecule has 1 aromatic carbocycles. The Morgan fingerprint density at radius 1 is 1.08 bits per heavy atom. The molecular weight excluding hydrogens is 303 g/mol. The Balaban J connectivity index is 1.79. The van der Waals surface area contributed by atoms with Gasteiger partial charge in [-0.15, -0.1) is 0 Å². The first kappa shape index (κ1) is 13.5. The Hall–Kier alpha value is -2.95. The maximum atomic E-state index is 14.4. The minimum atomic E-state index is -0.237. The molecule has 0 spiro atoms. The molecule has 1 aliphatic heterocycles. The predicted octanol–water partition coefficient (Wildman–Crippen LogP) is 3.95. The summed E-state index contributed by atoms with van der Waals surface area (Å²) in [5.74, 6) is 0.799. The second kappa shape index (κ2) is 5.03. The van der Waals surface area contributed by atoms with Crippen molar-refractivity contribution in [2.45, 2.75) is 19.4 Å². The van der Waals surface area contributed by atoms with Gasteiger partial charge in [-0.3, -0.25) is 0 Å². The van der Waals surface area contributed by atoms with Crippen LogP contribution in [0.3, 0.4) is 0 Å². The van der Waals surface area contributed by atoms with E-state index in [1.54, 1.807) is 18.3 Å². The van der Waals surface area contributed by atoms with Gasteiger partial charge in [-0.25, -0.2) is 14.4 Å². The smallest absolute Gasteiger partial charge is 0.136 e. The van der Waals surface area contributed by atoms with Gasteiger partial charge in [0.15, 0.2) is 0 Å². The molecule has 118 valence electrons. The van der Waals surface area contributed by atoms with Crippen molar-refractivity contribution in [1.82, 2.24) is 18.9 Å². The van der Waals surface area contributed by atoms with Crippen LogP contribution in [0.25, 0.3) is 28.2 Å². The molecule has 0 N–H and O–H groups in total. The molecule has 24 heavy (non-hydrogen) atoms. The van der Waals surface area contributed by atoms with Crippen LogP contribution < -0.4 is 0 Å². The van der Waals surface area contributed by atoms with E-state index >= 15 is 0 Å². The third-order valence-electron chi connectivity index (χ3n) is 4.62. The summed E-state index contributed by atoms with van der Waals surface area (Å²) in [5, 5.41) is 0. The molecule has 5 heteroatoms. The fraction of sp³-hybridized carbons (Fsp3) is 0.158. The number of imidazole rings is 2. The summed E-state index contributed by atoms with van der Waals surface area (Å²) in [6.07, 6.45) is 7.75. The highest BCUT2D eigenvalue weighted by molar-refractivity contribution is 5.79. The number of hydrogen-bond donors (Lipinski definition) is 0. The largest absolute Gasteiger partial charge is 0.327 e. The van der Waals surface area contributed by atoms with E-state index in [1.807, 2.05) is 35.0 Å². The summed E-state index contributed by atoms with van der Waals surface area (Å²) in [6, 6.07) is 10.9. The van der Waals surface area contributed by atoms with Crippen molar-refractivity contribution in [1.29, 1.82) is 0 Å². The molecule has 0 saturated heterocycles. The fourth-order valence-electron chi connectivity index (χ4n) is 3.52. The Morgan fingerprint density at radius 3 is 2.92 bits per heavy atom. The first-order chi connectivity index (χ1) is 11.8. The van der Waals surface area contributed by atoms with Crippen LogP contribution in [-0.2, 0) is 13.0 Å². The van der Waals surface area contributed by atoms with E-state index in [4.69, 9.17) is 4.98 Å². The van der Waals surface area contributed by atoms with E-state index in [1.165, 1.54) is 6.07 Å². The summed E-state index contributed by atoms with van der Waals surface area (Å²) in [5.41, 5.74) is 4.19. The van der Waals surface area contributed by atoms with Gasteiger partial charge in [0.2, 0.25) is 0 Å². The highest BCUT2D eigenvalue weighted by atomic mass is 19.1. The standard InChI is InChI=1S/C19H15FN4/c20-15-5-2-1-4-14(15)18-19(24-10-3-6-17(24)22-18)13-7-8-16-21-9-11-23(16)12-13/h1-2,4-5,7-9,11-12H,3,6,10H2. The van der Waals surface area contributed by atoms with Crippen molar-refractivity contribution in [2.75, 3.05) is 0 Å². The van der Waals surface area contributed by atoms with Crippen LogP contribution in [0.15, 0.2) is 55.0 Å². The number of rotatable bonds is 2. The van der Waals surface area contributed by atoms with Crippen LogP contribution in [0.4, 0.5) is 4.39 Å². The number of aromatic nitrogens is 4. The Morgan fingerprint density at radius 2 is 2.00 bits per heavy atom. The lowest BCUT2D eigenvalue weighted by Gasteiger charge is -2.09. The molecule has 0 atom stereocenters. The van der Waals surface area contributed by atoms with Gasteiger partial charge >= 0.3 is 0 Å². The molecule has 4 aromatic rings. The van der Waals surface area contributed by atoms with Crippen LogP contribution in [0.1, 0.15) is 12.2 Å². The zero-order chi connectivity index (χ0) is 16.1. The molecule has 0 aliphatic carbocycles. The molecule has 0 bridgehead atoms. The van der Waals surface area contributed by atoms with Gasteiger partial charge in [0.1, 0.15) is 17.3 Å². The van der Waals surface area contributed by atoms with E-state index < -0.39 is 0 Å². The number of pyridine rings is 1. The van der Waals surface area contributed by atoms with Crippen molar-refractivity contribution in [3.63, 3.8) is 0 Å². The number of hydrogen-bond acceptors (Lipinski definition) is 2. The van der Waals surface area contributed by atoms with E-state index in [9.17, 15) is 4.39 Å². The predicted molar refractivity (Wildman–Crippen MR) is 90.1 cm³/mol. The molecule has 1 aliphatic rings. The topological polar surface area (TPSA) is 35.1 Å². The first-order valence-corrected chi connectivity index (χ1v) is 8.09. The summed E-state index contributed by atoms with van der Waals surface area (Å²) in [4.78, 5) is 9.05. The summed E-state index contributed by atoms with van der Waals surface area (Å²) in [7, 11) is 0.